The summed E-state index contributed by atoms with van der Waals surface area (Å²) in [5, 5.41) is 2.02. The number of nitrogens with zero attached hydrogens (tertiary/aromatic N) is 1. The van der Waals surface area contributed by atoms with Gasteiger partial charge in [-0.25, -0.2) is 0 Å². The molecule has 0 saturated carbocycles. The Bertz CT molecular complexity index is 1200. The van der Waals surface area contributed by atoms with Crippen molar-refractivity contribution in [1.82, 2.24) is 0 Å². The summed E-state index contributed by atoms with van der Waals surface area (Å²) >= 11 is 0. The second-order valence-electron chi connectivity index (χ2n) is 7.93. The fourth-order valence-electron chi connectivity index (χ4n) is 4.83. The lowest BCUT2D eigenvalue weighted by molar-refractivity contribution is 0.393. The summed E-state index contributed by atoms with van der Waals surface area (Å²) < 4.78 is 23.1. The van der Waals surface area contributed by atoms with Crippen LogP contribution in [0, 0.1) is 6.92 Å². The van der Waals surface area contributed by atoms with Gasteiger partial charge in [-0.05, 0) is 61.4 Å². The fourth-order valence-corrected chi connectivity index (χ4v) is 4.83. The summed E-state index contributed by atoms with van der Waals surface area (Å²) in [6.07, 6.45) is 0.812. The minimum atomic E-state index is 0.183. The summed E-state index contributed by atoms with van der Waals surface area (Å²) in [5.74, 6) is 3.15. The van der Waals surface area contributed by atoms with Gasteiger partial charge in [0.05, 0.1) is 39.9 Å². The molecule has 3 aromatic carbocycles. The minimum Gasteiger partial charge on any atom is -0.496 e. The first-order valence-electron chi connectivity index (χ1n) is 10.4. The summed E-state index contributed by atoms with van der Waals surface area (Å²) in [4.78, 5) is 4.82. The Morgan fingerprint density at radius 3 is 2.06 bits per heavy atom. The first-order chi connectivity index (χ1) is 14.9. The van der Waals surface area contributed by atoms with Gasteiger partial charge in [0.15, 0.2) is 0 Å². The lowest BCUT2D eigenvalue weighted by Gasteiger charge is -2.27. The van der Waals surface area contributed by atoms with Gasteiger partial charge >= 0.3 is 0 Å². The van der Waals surface area contributed by atoms with E-state index in [4.69, 9.17) is 23.9 Å². The minimum absolute atomic E-state index is 0.183. The molecule has 5 heteroatoms. The maximum atomic E-state index is 5.91. The van der Waals surface area contributed by atoms with E-state index in [0.29, 0.717) is 0 Å². The second kappa shape index (κ2) is 8.14. The number of aryl methyl sites for hydroxylation is 1. The molecule has 0 amide bonds. The molecule has 31 heavy (non-hydrogen) atoms. The molecule has 0 bridgehead atoms. The van der Waals surface area contributed by atoms with Crippen molar-refractivity contribution in [2.75, 3.05) is 28.4 Å². The van der Waals surface area contributed by atoms with Crippen LogP contribution < -0.4 is 18.9 Å². The molecule has 0 spiro atoms. The van der Waals surface area contributed by atoms with Gasteiger partial charge in [-0.15, -0.1) is 0 Å². The van der Waals surface area contributed by atoms with Gasteiger partial charge in [0, 0.05) is 22.9 Å². The van der Waals surface area contributed by atoms with E-state index in [1.807, 2.05) is 18.2 Å². The largest absolute Gasteiger partial charge is 0.496 e. The predicted molar refractivity (Wildman–Crippen MR) is 126 cm³/mol. The Labute approximate surface area is 183 Å². The van der Waals surface area contributed by atoms with Crippen LogP contribution in [-0.2, 0) is 6.42 Å². The van der Waals surface area contributed by atoms with Gasteiger partial charge in [-0.3, -0.25) is 4.99 Å². The van der Waals surface area contributed by atoms with E-state index < -0.39 is 0 Å². The molecule has 4 rings (SSSR count). The maximum absolute atomic E-state index is 5.91. The van der Waals surface area contributed by atoms with Crippen molar-refractivity contribution in [2.45, 2.75) is 33.2 Å². The van der Waals surface area contributed by atoms with Crippen molar-refractivity contribution in [2.24, 2.45) is 4.99 Å². The average molecular weight is 420 g/mol. The predicted octanol–water partition coefficient (Wildman–Crippen LogP) is 5.60. The molecule has 1 heterocycles. The molecular formula is C26H29NO4. The molecule has 0 aliphatic carbocycles. The third-order valence-electron chi connectivity index (χ3n) is 6.05. The van der Waals surface area contributed by atoms with Gasteiger partial charge < -0.3 is 18.9 Å². The smallest absolute Gasteiger partial charge is 0.131 e. The fraction of sp³-hybridized carbons (Fsp3) is 0.346. The Kier molecular flexibility index (Phi) is 5.52. The zero-order valence-corrected chi connectivity index (χ0v) is 19.3. The van der Waals surface area contributed by atoms with Gasteiger partial charge in [0.25, 0.3) is 0 Å². The van der Waals surface area contributed by atoms with Crippen LogP contribution in [0.25, 0.3) is 21.9 Å². The van der Waals surface area contributed by atoms with Crippen LogP contribution in [0.4, 0.5) is 0 Å². The van der Waals surface area contributed by atoms with Crippen LogP contribution in [0.5, 0.6) is 23.0 Å². The average Bonchev–Trinajstić information content (AvgIpc) is 2.77. The zero-order chi connectivity index (χ0) is 22.3. The van der Waals surface area contributed by atoms with Crippen molar-refractivity contribution in [3.8, 4) is 34.1 Å². The van der Waals surface area contributed by atoms with E-state index in [0.717, 1.165) is 68.2 Å². The van der Waals surface area contributed by atoms with Crippen LogP contribution in [0.15, 0.2) is 35.3 Å². The summed E-state index contributed by atoms with van der Waals surface area (Å²) in [5.41, 5.74) is 6.56. The molecule has 162 valence electrons. The number of methoxy groups -OCH3 is 4. The standard InChI is InChI=1S/C26H29NO4/c1-14-11-20(29-5)25-17(9-8-10-19(25)28-4)23(14)26-18-12-15(2)27-16(3)24(18)21(30-6)13-22(26)31-7/h8-11,13,15H,12H2,1-7H3. The highest BCUT2D eigenvalue weighted by Gasteiger charge is 2.29. The van der Waals surface area contributed by atoms with Gasteiger partial charge in [-0.2, -0.15) is 0 Å². The second-order valence-corrected chi connectivity index (χ2v) is 7.93. The lowest BCUT2D eigenvalue weighted by Crippen LogP contribution is -2.19. The molecule has 0 N–H and O–H groups in total. The number of ether oxygens (including phenoxy) is 4. The highest BCUT2D eigenvalue weighted by Crippen LogP contribution is 2.49. The van der Waals surface area contributed by atoms with Gasteiger partial charge in [-0.1, -0.05) is 12.1 Å². The number of benzene rings is 3. The first kappa shape index (κ1) is 21.0. The quantitative estimate of drug-likeness (QED) is 0.540. The Morgan fingerprint density at radius 2 is 1.42 bits per heavy atom. The highest BCUT2D eigenvalue weighted by molar-refractivity contribution is 6.10. The first-order valence-corrected chi connectivity index (χ1v) is 10.4. The third-order valence-corrected chi connectivity index (χ3v) is 6.05. The summed E-state index contributed by atoms with van der Waals surface area (Å²) in [7, 11) is 6.78. The third kappa shape index (κ3) is 3.29. The van der Waals surface area contributed by atoms with E-state index in [2.05, 4.69) is 32.9 Å². The molecule has 0 aromatic heterocycles. The van der Waals surface area contributed by atoms with E-state index >= 15 is 0 Å². The highest BCUT2D eigenvalue weighted by atomic mass is 16.5. The zero-order valence-electron chi connectivity index (χ0n) is 19.3. The number of hydrogen-bond acceptors (Lipinski definition) is 5. The summed E-state index contributed by atoms with van der Waals surface area (Å²) in [6.45, 7) is 6.31. The summed E-state index contributed by atoms with van der Waals surface area (Å²) in [6, 6.07) is 10.3. The molecule has 3 aromatic rings. The molecule has 0 fully saturated rings. The van der Waals surface area contributed by atoms with Gasteiger partial charge in [0.2, 0.25) is 0 Å². The monoisotopic (exact) mass is 419 g/mol. The van der Waals surface area contributed by atoms with Crippen LogP contribution in [0.2, 0.25) is 0 Å². The Balaban J connectivity index is 2.19. The normalized spacial score (nSPS) is 15.3. The van der Waals surface area contributed by atoms with E-state index in [-0.39, 0.29) is 6.04 Å². The molecule has 1 atom stereocenters. The molecule has 5 nitrogen and oxygen atoms in total. The van der Waals surface area contributed by atoms with Crippen molar-refractivity contribution >= 4 is 16.5 Å². The molecule has 0 saturated heterocycles. The van der Waals surface area contributed by atoms with Crippen LogP contribution in [-0.4, -0.2) is 40.2 Å². The molecule has 0 radical (unpaired) electrons. The van der Waals surface area contributed by atoms with Crippen molar-refractivity contribution in [3.63, 3.8) is 0 Å². The van der Waals surface area contributed by atoms with Crippen molar-refractivity contribution in [3.05, 3.63) is 47.0 Å². The van der Waals surface area contributed by atoms with Crippen LogP contribution >= 0.6 is 0 Å². The molecule has 1 aliphatic rings. The Hall–Kier alpha value is -3.21. The maximum Gasteiger partial charge on any atom is 0.131 e. The number of aliphatic imine (C=N–C) groups is 1. The number of fused-ring (bicyclic) bond motifs is 2. The van der Waals surface area contributed by atoms with Crippen LogP contribution in [0.3, 0.4) is 0 Å². The number of rotatable bonds is 5. The Morgan fingerprint density at radius 1 is 0.774 bits per heavy atom. The van der Waals surface area contributed by atoms with Gasteiger partial charge in [0.1, 0.15) is 23.0 Å². The lowest BCUT2D eigenvalue weighted by atomic mass is 9.83. The van der Waals surface area contributed by atoms with Crippen molar-refractivity contribution in [1.29, 1.82) is 0 Å². The van der Waals surface area contributed by atoms with E-state index in [9.17, 15) is 0 Å². The van der Waals surface area contributed by atoms with Crippen molar-refractivity contribution < 1.29 is 18.9 Å². The van der Waals surface area contributed by atoms with Crippen LogP contribution in [0.1, 0.15) is 30.5 Å². The molecular weight excluding hydrogens is 390 g/mol. The van der Waals surface area contributed by atoms with E-state index in [1.54, 1.807) is 28.4 Å². The number of hydrogen-bond donors (Lipinski definition) is 0. The SMILES string of the molecule is COc1cc(OC)c(-c2c(C)cc(OC)c3c(OC)cccc23)c2c1C(C)=NC(C)C2. The topological polar surface area (TPSA) is 49.3 Å². The molecule has 1 aliphatic heterocycles. The molecule has 1 unspecified atom stereocenters. The van der Waals surface area contributed by atoms with E-state index in [1.165, 1.54) is 5.56 Å².